The minimum Gasteiger partial charge on any atom is -0.345 e. The summed E-state index contributed by atoms with van der Waals surface area (Å²) in [7, 11) is -3.56. The lowest BCUT2D eigenvalue weighted by atomic mass is 10.2. The van der Waals surface area contributed by atoms with Gasteiger partial charge in [-0.3, -0.25) is 4.79 Å². The minimum absolute atomic E-state index is 0.166. The predicted molar refractivity (Wildman–Crippen MR) is 104 cm³/mol. The highest BCUT2D eigenvalue weighted by Gasteiger charge is 2.26. The molecule has 1 aliphatic heterocycles. The number of halogens is 1. The Balaban J connectivity index is 1.77. The molecule has 0 radical (unpaired) electrons. The number of hydrogen-bond acceptors (Lipinski definition) is 4. The van der Waals surface area contributed by atoms with Crippen molar-refractivity contribution >= 4 is 38.9 Å². The van der Waals surface area contributed by atoms with Gasteiger partial charge in [0.05, 0.1) is 15.3 Å². The zero-order valence-corrected chi connectivity index (χ0v) is 16.8. The lowest BCUT2D eigenvalue weighted by Gasteiger charge is -2.26. The molecule has 2 aromatic rings. The summed E-state index contributed by atoms with van der Waals surface area (Å²) in [6, 6.07) is 9.68. The maximum absolute atomic E-state index is 12.8. The molecule has 26 heavy (non-hydrogen) atoms. The van der Waals surface area contributed by atoms with Gasteiger partial charge in [0.2, 0.25) is 10.0 Å². The predicted octanol–water partition coefficient (Wildman–Crippen LogP) is 4.07. The lowest BCUT2D eigenvalue weighted by Crippen LogP contribution is -2.35. The monoisotopic (exact) mass is 412 g/mol. The van der Waals surface area contributed by atoms with Crippen LogP contribution >= 0.6 is 22.9 Å². The maximum Gasteiger partial charge on any atom is 0.251 e. The molecule has 3 rings (SSSR count). The number of hydrogen-bond donors (Lipinski definition) is 1. The van der Waals surface area contributed by atoms with Gasteiger partial charge in [0.15, 0.2) is 0 Å². The van der Waals surface area contributed by atoms with Gasteiger partial charge in [-0.1, -0.05) is 24.1 Å². The van der Waals surface area contributed by atoms with E-state index in [1.807, 2.05) is 13.0 Å². The molecule has 140 valence electrons. The number of thiophene rings is 1. The summed E-state index contributed by atoms with van der Waals surface area (Å²) >= 11 is 7.34. The zero-order valence-electron chi connectivity index (χ0n) is 14.4. The van der Waals surface area contributed by atoms with E-state index in [2.05, 4.69) is 5.32 Å². The Morgan fingerprint density at radius 1 is 1.19 bits per heavy atom. The average molecular weight is 413 g/mol. The van der Waals surface area contributed by atoms with Crippen molar-refractivity contribution in [1.29, 1.82) is 0 Å². The summed E-state index contributed by atoms with van der Waals surface area (Å²) in [5.74, 6) is -0.308. The van der Waals surface area contributed by atoms with Crippen LogP contribution < -0.4 is 5.32 Å². The van der Waals surface area contributed by atoms with Gasteiger partial charge in [-0.15, -0.1) is 11.3 Å². The molecule has 2 heterocycles. The highest BCUT2D eigenvalue weighted by atomic mass is 35.5. The van der Waals surface area contributed by atoms with Crippen LogP contribution in [0.5, 0.6) is 0 Å². The van der Waals surface area contributed by atoms with Crippen LogP contribution in [0.3, 0.4) is 0 Å². The van der Waals surface area contributed by atoms with E-state index >= 15 is 0 Å². The van der Waals surface area contributed by atoms with Gasteiger partial charge in [-0.2, -0.15) is 4.31 Å². The number of piperidine rings is 1. The van der Waals surface area contributed by atoms with Gasteiger partial charge < -0.3 is 5.32 Å². The number of nitrogens with one attached hydrogen (secondary N) is 1. The summed E-state index contributed by atoms with van der Waals surface area (Å²) in [4.78, 5) is 13.7. The standard InChI is InChI=1S/C18H21ClN2O3S2/c1-13(16-8-9-17(19)25-16)20-18(22)14-6-5-7-15(12-14)26(23,24)21-10-3-2-4-11-21/h5-9,12-13H,2-4,10-11H2,1H3,(H,20,22). The molecule has 1 aliphatic rings. The molecule has 0 spiro atoms. The summed E-state index contributed by atoms with van der Waals surface area (Å²) in [5.41, 5.74) is 0.331. The van der Waals surface area contributed by atoms with Crippen molar-refractivity contribution < 1.29 is 13.2 Å². The summed E-state index contributed by atoms with van der Waals surface area (Å²) in [5, 5.41) is 2.89. The molecular formula is C18H21ClN2O3S2. The number of amides is 1. The maximum atomic E-state index is 12.8. The van der Waals surface area contributed by atoms with E-state index in [1.54, 1.807) is 24.3 Å². The molecule has 1 aromatic carbocycles. The van der Waals surface area contributed by atoms with Crippen LogP contribution in [0.15, 0.2) is 41.3 Å². The Morgan fingerprint density at radius 3 is 2.58 bits per heavy atom. The van der Waals surface area contributed by atoms with Crippen LogP contribution in [0.2, 0.25) is 4.34 Å². The highest BCUT2D eigenvalue weighted by Crippen LogP contribution is 2.27. The fraction of sp³-hybridized carbons (Fsp3) is 0.389. The first-order chi connectivity index (χ1) is 12.4. The zero-order chi connectivity index (χ0) is 18.7. The van der Waals surface area contributed by atoms with Crippen LogP contribution in [0.25, 0.3) is 0 Å². The van der Waals surface area contributed by atoms with Crippen LogP contribution in [-0.4, -0.2) is 31.7 Å². The van der Waals surface area contributed by atoms with Crippen LogP contribution in [0, 0.1) is 0 Å². The van der Waals surface area contributed by atoms with Crippen LogP contribution in [0.4, 0.5) is 0 Å². The second kappa shape index (κ2) is 8.08. The third kappa shape index (κ3) is 4.28. The molecule has 5 nitrogen and oxygen atoms in total. The minimum atomic E-state index is -3.56. The third-order valence-corrected chi connectivity index (χ3v) is 7.73. The second-order valence-corrected chi connectivity index (χ2v) is 10.0. The molecule has 1 amide bonds. The Bertz CT molecular complexity index is 889. The summed E-state index contributed by atoms with van der Waals surface area (Å²) in [6.07, 6.45) is 2.81. The number of carbonyl (C=O) groups excluding carboxylic acids is 1. The molecule has 1 N–H and O–H groups in total. The molecule has 1 atom stereocenters. The fourth-order valence-corrected chi connectivity index (χ4v) is 5.59. The van der Waals surface area contributed by atoms with Gasteiger partial charge in [0.1, 0.15) is 0 Å². The van der Waals surface area contributed by atoms with Crippen molar-refractivity contribution in [3.05, 3.63) is 51.2 Å². The SMILES string of the molecule is CC(NC(=O)c1cccc(S(=O)(=O)N2CCCCC2)c1)c1ccc(Cl)s1. The fourth-order valence-electron chi connectivity index (χ4n) is 2.96. The van der Waals surface area contributed by atoms with Crippen LogP contribution in [0.1, 0.15) is 47.5 Å². The van der Waals surface area contributed by atoms with Gasteiger partial charge in [0, 0.05) is 23.5 Å². The number of sulfonamides is 1. The molecule has 1 saturated heterocycles. The quantitative estimate of drug-likeness (QED) is 0.804. The topological polar surface area (TPSA) is 66.5 Å². The first kappa shape index (κ1) is 19.4. The van der Waals surface area contributed by atoms with Crippen molar-refractivity contribution in [1.82, 2.24) is 9.62 Å². The van der Waals surface area contributed by atoms with E-state index < -0.39 is 10.0 Å². The first-order valence-electron chi connectivity index (χ1n) is 8.54. The van der Waals surface area contributed by atoms with E-state index in [-0.39, 0.29) is 16.8 Å². The van der Waals surface area contributed by atoms with Crippen LogP contribution in [-0.2, 0) is 10.0 Å². The Hall–Kier alpha value is -1.41. The van der Waals surface area contributed by atoms with Gasteiger partial charge >= 0.3 is 0 Å². The molecule has 0 aliphatic carbocycles. The molecule has 0 bridgehead atoms. The first-order valence-corrected chi connectivity index (χ1v) is 11.2. The number of nitrogens with zero attached hydrogens (tertiary/aromatic N) is 1. The van der Waals surface area contributed by atoms with E-state index in [1.165, 1.54) is 21.7 Å². The van der Waals surface area contributed by atoms with E-state index in [9.17, 15) is 13.2 Å². The van der Waals surface area contributed by atoms with Gasteiger partial charge in [-0.25, -0.2) is 8.42 Å². The lowest BCUT2D eigenvalue weighted by molar-refractivity contribution is 0.0940. The Labute approximate surface area is 163 Å². The van der Waals surface area contributed by atoms with Crippen molar-refractivity contribution in [2.45, 2.75) is 37.1 Å². The molecule has 1 fully saturated rings. The largest absolute Gasteiger partial charge is 0.345 e. The second-order valence-electron chi connectivity index (χ2n) is 6.33. The Kier molecular flexibility index (Phi) is 6.02. The normalized spacial score (nSPS) is 17.0. The molecule has 8 heteroatoms. The molecule has 0 saturated carbocycles. The van der Waals surface area contributed by atoms with E-state index in [0.29, 0.717) is 23.0 Å². The van der Waals surface area contributed by atoms with Crippen molar-refractivity contribution in [2.75, 3.05) is 13.1 Å². The van der Waals surface area contributed by atoms with Gasteiger partial charge in [0.25, 0.3) is 5.91 Å². The van der Waals surface area contributed by atoms with Crippen molar-refractivity contribution in [2.24, 2.45) is 0 Å². The number of rotatable bonds is 5. The number of carbonyl (C=O) groups is 1. The smallest absolute Gasteiger partial charge is 0.251 e. The van der Waals surface area contributed by atoms with Crippen molar-refractivity contribution in [3.8, 4) is 0 Å². The third-order valence-electron chi connectivity index (χ3n) is 4.42. The highest BCUT2D eigenvalue weighted by molar-refractivity contribution is 7.89. The summed E-state index contributed by atoms with van der Waals surface area (Å²) in [6.45, 7) is 2.94. The van der Waals surface area contributed by atoms with E-state index in [0.717, 1.165) is 24.1 Å². The number of benzene rings is 1. The molecular weight excluding hydrogens is 392 g/mol. The molecule has 1 aromatic heterocycles. The molecule has 1 unspecified atom stereocenters. The average Bonchev–Trinajstić information content (AvgIpc) is 3.09. The van der Waals surface area contributed by atoms with Gasteiger partial charge in [-0.05, 0) is 50.1 Å². The summed E-state index contributed by atoms with van der Waals surface area (Å²) < 4.78 is 27.7. The van der Waals surface area contributed by atoms with Crippen molar-refractivity contribution in [3.63, 3.8) is 0 Å². The van der Waals surface area contributed by atoms with E-state index in [4.69, 9.17) is 11.6 Å². The Morgan fingerprint density at radius 2 is 1.92 bits per heavy atom.